The number of nitrogens with zero attached hydrogens (tertiary/aromatic N) is 2. The predicted octanol–water partition coefficient (Wildman–Crippen LogP) is 4.27. The Morgan fingerprint density at radius 2 is 1.91 bits per heavy atom. The Morgan fingerprint density at radius 3 is 2.64 bits per heavy atom. The molecule has 1 aliphatic rings. The predicted molar refractivity (Wildman–Crippen MR) is 180 cm³/mol. The number of esters is 1. The molecule has 0 unspecified atom stereocenters. The number of nitriles is 1. The maximum Gasteiger partial charge on any atom is 0.337 e. The largest absolute Gasteiger partial charge is 0.493 e. The van der Waals surface area contributed by atoms with Gasteiger partial charge in [-0.1, -0.05) is 24.3 Å². The number of carbonyl (C=O) groups excluding carboxylic acids is 2. The van der Waals surface area contributed by atoms with E-state index in [4.69, 9.17) is 23.7 Å². The number of rotatable bonds is 14. The number of hydrogen-bond donors (Lipinski definition) is 4. The summed E-state index contributed by atoms with van der Waals surface area (Å²) < 4.78 is 28.8. The van der Waals surface area contributed by atoms with E-state index in [0.717, 1.165) is 9.13 Å². The van der Waals surface area contributed by atoms with Gasteiger partial charge in [-0.05, 0) is 77.9 Å². The zero-order chi connectivity index (χ0) is 33.9. The van der Waals surface area contributed by atoms with Crippen LogP contribution in [0.4, 0.5) is 4.79 Å². The fourth-order valence-corrected chi connectivity index (χ4v) is 5.46. The van der Waals surface area contributed by atoms with Crippen molar-refractivity contribution in [3.05, 3.63) is 91.7 Å². The summed E-state index contributed by atoms with van der Waals surface area (Å²) in [5.41, 5.74) is 5.83. The standard InChI is InChI=1S/C33H34IN5O8/c1-5-45-26-14-21(30-29(32(41)44-4)19(2)37-33(42)38-30)10-11-25(26)46-18-28(40)39-36-16-20-12-24(34)31(27(13-20)43-3)47-17-23-9-7-6-8-22(23)15-35/h6-14,16,28,30,39-40H,5,17-18H2,1-4H3,(H2,37,38,42)/b36-16-/t28-,30+/m1/s1. The number of carbonyl (C=O) groups is 2. The van der Waals surface area contributed by atoms with Gasteiger partial charge < -0.3 is 39.4 Å². The van der Waals surface area contributed by atoms with Crippen LogP contribution in [-0.4, -0.2) is 57.0 Å². The molecule has 2 amide bonds. The van der Waals surface area contributed by atoms with Crippen molar-refractivity contribution in [1.29, 1.82) is 5.26 Å². The fraction of sp³-hybridized carbons (Fsp3) is 0.273. The number of nitrogens with one attached hydrogen (secondary N) is 3. The molecule has 0 bridgehead atoms. The van der Waals surface area contributed by atoms with Crippen LogP contribution in [0, 0.1) is 14.9 Å². The lowest BCUT2D eigenvalue weighted by Gasteiger charge is -2.28. The smallest absolute Gasteiger partial charge is 0.337 e. The lowest BCUT2D eigenvalue weighted by Crippen LogP contribution is -2.45. The van der Waals surface area contributed by atoms with E-state index in [1.54, 1.807) is 50.2 Å². The number of hydrazone groups is 1. The van der Waals surface area contributed by atoms with Gasteiger partial charge in [-0.2, -0.15) is 10.4 Å². The summed E-state index contributed by atoms with van der Waals surface area (Å²) in [7, 11) is 2.80. The SMILES string of the molecule is CCOc1cc([C@@H]2NC(=O)NC(C)=C2C(=O)OC)ccc1OC[C@@H](O)N/N=C\c1cc(I)c(OCc2ccccc2C#N)c(OC)c1. The molecule has 13 nitrogen and oxygen atoms in total. The highest BCUT2D eigenvalue weighted by Gasteiger charge is 2.32. The van der Waals surface area contributed by atoms with Gasteiger partial charge in [0, 0.05) is 11.3 Å². The molecule has 3 aromatic rings. The van der Waals surface area contributed by atoms with Crippen molar-refractivity contribution in [2.45, 2.75) is 32.7 Å². The third kappa shape index (κ3) is 8.83. The Labute approximate surface area is 285 Å². The molecule has 47 heavy (non-hydrogen) atoms. The van der Waals surface area contributed by atoms with Crippen LogP contribution in [0.1, 0.15) is 42.1 Å². The van der Waals surface area contributed by atoms with Gasteiger partial charge >= 0.3 is 12.0 Å². The number of urea groups is 1. The van der Waals surface area contributed by atoms with Crippen LogP contribution in [0.2, 0.25) is 0 Å². The summed E-state index contributed by atoms with van der Waals surface area (Å²) in [6.45, 7) is 3.77. The molecular formula is C33H34IN5O8. The molecule has 0 aliphatic carbocycles. The number of amides is 2. The number of ether oxygens (including phenoxy) is 5. The van der Waals surface area contributed by atoms with E-state index in [0.29, 0.717) is 52.0 Å². The molecule has 1 heterocycles. The molecule has 4 rings (SSSR count). The van der Waals surface area contributed by atoms with E-state index in [9.17, 15) is 20.0 Å². The Kier molecular flexibility index (Phi) is 12.3. The molecule has 0 radical (unpaired) electrons. The van der Waals surface area contributed by atoms with E-state index in [2.05, 4.69) is 49.8 Å². The summed E-state index contributed by atoms with van der Waals surface area (Å²) in [6.07, 6.45) is 0.342. The van der Waals surface area contributed by atoms with Crippen LogP contribution in [0.5, 0.6) is 23.0 Å². The molecule has 1 aliphatic heterocycles. The Balaban J connectivity index is 1.39. The second-order valence-electron chi connectivity index (χ2n) is 10.0. The average molecular weight is 756 g/mol. The number of hydrogen-bond acceptors (Lipinski definition) is 11. The number of allylic oxidation sites excluding steroid dienone is 1. The van der Waals surface area contributed by atoms with Crippen molar-refractivity contribution in [2.75, 3.05) is 27.4 Å². The molecule has 0 fully saturated rings. The maximum absolute atomic E-state index is 12.5. The maximum atomic E-state index is 12.5. The van der Waals surface area contributed by atoms with Crippen LogP contribution in [-0.2, 0) is 16.1 Å². The Bertz CT molecular complexity index is 1720. The van der Waals surface area contributed by atoms with Gasteiger partial charge in [-0.25, -0.2) is 9.59 Å². The van der Waals surface area contributed by atoms with Gasteiger partial charge in [-0.3, -0.25) is 5.43 Å². The third-order valence-corrected chi connectivity index (χ3v) is 7.67. The minimum atomic E-state index is -1.18. The molecular weight excluding hydrogens is 721 g/mol. The molecule has 3 aromatic carbocycles. The van der Waals surface area contributed by atoms with E-state index < -0.39 is 24.3 Å². The number of methoxy groups -OCH3 is 2. The van der Waals surface area contributed by atoms with Crippen LogP contribution in [0.25, 0.3) is 0 Å². The van der Waals surface area contributed by atoms with E-state index in [1.165, 1.54) is 20.4 Å². The minimum absolute atomic E-state index is 0.176. The zero-order valence-electron chi connectivity index (χ0n) is 26.1. The first-order valence-electron chi connectivity index (χ1n) is 14.4. The van der Waals surface area contributed by atoms with E-state index in [-0.39, 0.29) is 18.8 Å². The normalized spacial score (nSPS) is 14.8. The van der Waals surface area contributed by atoms with E-state index >= 15 is 0 Å². The lowest BCUT2D eigenvalue weighted by molar-refractivity contribution is -0.136. The number of aliphatic hydroxyl groups excluding tert-OH is 1. The number of benzene rings is 3. The van der Waals surface area contributed by atoms with Crippen molar-refractivity contribution >= 4 is 40.8 Å². The minimum Gasteiger partial charge on any atom is -0.493 e. The summed E-state index contributed by atoms with van der Waals surface area (Å²) in [5.74, 6) is 1.13. The van der Waals surface area contributed by atoms with Gasteiger partial charge in [0.2, 0.25) is 0 Å². The van der Waals surface area contributed by atoms with Crippen molar-refractivity contribution in [1.82, 2.24) is 16.1 Å². The summed E-state index contributed by atoms with van der Waals surface area (Å²) in [4.78, 5) is 24.6. The number of halogens is 1. The molecule has 4 N–H and O–H groups in total. The van der Waals surface area contributed by atoms with Crippen molar-refractivity contribution in [2.24, 2.45) is 5.10 Å². The van der Waals surface area contributed by atoms with Crippen LogP contribution < -0.4 is 35.0 Å². The molecule has 0 spiro atoms. The van der Waals surface area contributed by atoms with Crippen molar-refractivity contribution in [3.8, 4) is 29.1 Å². The fourth-order valence-electron chi connectivity index (χ4n) is 4.68. The second-order valence-corrected chi connectivity index (χ2v) is 11.2. The highest BCUT2D eigenvalue weighted by molar-refractivity contribution is 14.1. The molecule has 2 atom stereocenters. The first-order chi connectivity index (χ1) is 22.7. The molecule has 0 saturated heterocycles. The highest BCUT2D eigenvalue weighted by atomic mass is 127. The van der Waals surface area contributed by atoms with Crippen molar-refractivity contribution < 1.29 is 38.4 Å². The second kappa shape index (κ2) is 16.5. The van der Waals surface area contributed by atoms with Crippen LogP contribution in [0.3, 0.4) is 0 Å². The Morgan fingerprint density at radius 1 is 1.13 bits per heavy atom. The van der Waals surface area contributed by atoms with Gasteiger partial charge in [0.15, 0.2) is 29.2 Å². The summed E-state index contributed by atoms with van der Waals surface area (Å²) in [6, 6.07) is 16.7. The molecule has 0 saturated carbocycles. The molecule has 246 valence electrons. The Hall–Kier alpha value is -5.01. The van der Waals surface area contributed by atoms with Gasteiger partial charge in [0.05, 0.1) is 53.9 Å². The van der Waals surface area contributed by atoms with Crippen molar-refractivity contribution in [3.63, 3.8) is 0 Å². The highest BCUT2D eigenvalue weighted by Crippen LogP contribution is 2.36. The monoisotopic (exact) mass is 755 g/mol. The van der Waals surface area contributed by atoms with Gasteiger partial charge in [0.1, 0.15) is 13.2 Å². The summed E-state index contributed by atoms with van der Waals surface area (Å²) >= 11 is 2.13. The average Bonchev–Trinajstić information content (AvgIpc) is 3.06. The first kappa shape index (κ1) is 34.9. The van der Waals surface area contributed by atoms with Gasteiger partial charge in [0.25, 0.3) is 0 Å². The molecule has 0 aromatic heterocycles. The first-order valence-corrected chi connectivity index (χ1v) is 15.5. The van der Waals surface area contributed by atoms with Crippen LogP contribution >= 0.6 is 22.6 Å². The molecule has 14 heteroatoms. The lowest BCUT2D eigenvalue weighted by atomic mass is 9.95. The quantitative estimate of drug-likeness (QED) is 0.0612. The van der Waals surface area contributed by atoms with Gasteiger partial charge in [-0.15, -0.1) is 0 Å². The zero-order valence-corrected chi connectivity index (χ0v) is 28.3. The third-order valence-electron chi connectivity index (χ3n) is 6.87. The number of aliphatic hydroxyl groups is 1. The van der Waals surface area contributed by atoms with E-state index in [1.807, 2.05) is 18.2 Å². The topological polar surface area (TPSA) is 173 Å². The van der Waals surface area contributed by atoms with Crippen LogP contribution in [0.15, 0.2) is 71.0 Å². The summed E-state index contributed by atoms with van der Waals surface area (Å²) in [5, 5.41) is 29.3.